The summed E-state index contributed by atoms with van der Waals surface area (Å²) in [5.74, 6) is 0. The van der Waals surface area contributed by atoms with Gasteiger partial charge in [0.15, 0.2) is 0 Å². The lowest BCUT2D eigenvalue weighted by Gasteiger charge is -2.07. The first kappa shape index (κ1) is 14.3. The summed E-state index contributed by atoms with van der Waals surface area (Å²) in [6.45, 7) is 1.10. The van der Waals surface area contributed by atoms with E-state index in [0.29, 0.717) is 24.5 Å². The van der Waals surface area contributed by atoms with E-state index in [0.717, 1.165) is 5.56 Å². The van der Waals surface area contributed by atoms with Crippen molar-refractivity contribution in [2.24, 2.45) is 0 Å². The molecule has 0 aliphatic heterocycles. The van der Waals surface area contributed by atoms with E-state index < -0.39 is 12.6 Å². The lowest BCUT2D eigenvalue weighted by molar-refractivity contribution is -0.135. The van der Waals surface area contributed by atoms with Crippen molar-refractivity contribution in [1.29, 1.82) is 0 Å². The molecule has 1 aromatic heterocycles. The van der Waals surface area contributed by atoms with Gasteiger partial charge in [-0.05, 0) is 31.0 Å². The molecule has 0 saturated carbocycles. The summed E-state index contributed by atoms with van der Waals surface area (Å²) in [4.78, 5) is 3.84. The fraction of sp³-hybridized carbons (Fsp3) is 0.545. The number of hydrogen-bond acceptors (Lipinski definition) is 2. The van der Waals surface area contributed by atoms with Crippen molar-refractivity contribution in [2.75, 3.05) is 6.54 Å². The van der Waals surface area contributed by atoms with Crippen LogP contribution in [0.3, 0.4) is 0 Å². The maximum Gasteiger partial charge on any atom is 0.389 e. The number of hydrogen-bond donors (Lipinski definition) is 1. The van der Waals surface area contributed by atoms with Crippen LogP contribution in [-0.4, -0.2) is 17.7 Å². The topological polar surface area (TPSA) is 24.9 Å². The maximum atomic E-state index is 11.8. The first-order valence-electron chi connectivity index (χ1n) is 5.35. The predicted octanol–water partition coefficient (Wildman–Crippen LogP) is 3.56. The molecular formula is C11H14ClF3N2. The fourth-order valence-corrected chi connectivity index (χ4v) is 1.53. The van der Waals surface area contributed by atoms with Gasteiger partial charge in [0, 0.05) is 25.4 Å². The highest BCUT2D eigenvalue weighted by Gasteiger charge is 2.25. The molecule has 1 aromatic rings. The summed E-state index contributed by atoms with van der Waals surface area (Å²) < 4.78 is 35.5. The van der Waals surface area contributed by atoms with Crippen LogP contribution in [0.15, 0.2) is 18.5 Å². The van der Waals surface area contributed by atoms with Crippen LogP contribution in [0.5, 0.6) is 0 Å². The largest absolute Gasteiger partial charge is 0.389 e. The van der Waals surface area contributed by atoms with Gasteiger partial charge in [0.2, 0.25) is 0 Å². The van der Waals surface area contributed by atoms with E-state index in [1.165, 1.54) is 0 Å². The van der Waals surface area contributed by atoms with E-state index in [1.54, 1.807) is 18.5 Å². The number of rotatable bonds is 6. The zero-order valence-electron chi connectivity index (χ0n) is 9.23. The third-order valence-electron chi connectivity index (χ3n) is 2.24. The van der Waals surface area contributed by atoms with E-state index in [2.05, 4.69) is 10.3 Å². The van der Waals surface area contributed by atoms with Gasteiger partial charge in [-0.2, -0.15) is 13.2 Å². The van der Waals surface area contributed by atoms with Gasteiger partial charge in [0.1, 0.15) is 0 Å². The molecule has 0 spiro atoms. The first-order chi connectivity index (χ1) is 7.99. The average Bonchev–Trinajstić information content (AvgIpc) is 2.24. The third kappa shape index (κ3) is 6.48. The van der Waals surface area contributed by atoms with Gasteiger partial charge in [0.25, 0.3) is 0 Å². The standard InChI is InChI=1S/C11H14ClF3N2/c12-10-8-17-6-3-9(10)7-16-5-2-1-4-11(13,14)15/h3,6,8,16H,1-2,4-5,7H2. The van der Waals surface area contributed by atoms with Crippen molar-refractivity contribution < 1.29 is 13.2 Å². The van der Waals surface area contributed by atoms with E-state index >= 15 is 0 Å². The highest BCUT2D eigenvalue weighted by molar-refractivity contribution is 6.31. The smallest absolute Gasteiger partial charge is 0.313 e. The van der Waals surface area contributed by atoms with E-state index in [1.807, 2.05) is 0 Å². The lowest BCUT2D eigenvalue weighted by Crippen LogP contribution is -2.16. The Morgan fingerprint density at radius 1 is 1.29 bits per heavy atom. The Balaban J connectivity index is 2.11. The molecule has 6 heteroatoms. The summed E-state index contributed by atoms with van der Waals surface area (Å²) in [5.41, 5.74) is 0.900. The number of nitrogens with one attached hydrogen (secondary N) is 1. The van der Waals surface area contributed by atoms with Crippen molar-refractivity contribution in [2.45, 2.75) is 32.0 Å². The number of aromatic nitrogens is 1. The predicted molar refractivity (Wildman–Crippen MR) is 60.9 cm³/mol. The molecule has 2 nitrogen and oxygen atoms in total. The van der Waals surface area contributed by atoms with Crippen LogP contribution in [0.25, 0.3) is 0 Å². The second-order valence-electron chi connectivity index (χ2n) is 3.72. The highest BCUT2D eigenvalue weighted by atomic mass is 35.5. The zero-order chi connectivity index (χ0) is 12.7. The molecule has 0 aromatic carbocycles. The second-order valence-corrected chi connectivity index (χ2v) is 4.12. The van der Waals surface area contributed by atoms with Gasteiger partial charge in [-0.15, -0.1) is 0 Å². The number of nitrogens with zero attached hydrogens (tertiary/aromatic N) is 1. The monoisotopic (exact) mass is 266 g/mol. The molecule has 1 N–H and O–H groups in total. The van der Waals surface area contributed by atoms with Crippen molar-refractivity contribution in [3.05, 3.63) is 29.0 Å². The molecule has 0 bridgehead atoms. The van der Waals surface area contributed by atoms with Gasteiger partial charge >= 0.3 is 6.18 Å². The maximum absolute atomic E-state index is 11.8. The summed E-state index contributed by atoms with van der Waals surface area (Å²) in [5, 5.41) is 3.61. The van der Waals surface area contributed by atoms with E-state index in [-0.39, 0.29) is 6.42 Å². The van der Waals surface area contributed by atoms with E-state index in [4.69, 9.17) is 11.6 Å². The van der Waals surface area contributed by atoms with Gasteiger partial charge in [-0.1, -0.05) is 11.6 Å². The molecule has 0 amide bonds. The number of halogens is 4. The van der Waals surface area contributed by atoms with Gasteiger partial charge in [-0.25, -0.2) is 0 Å². The van der Waals surface area contributed by atoms with Crippen LogP contribution < -0.4 is 5.32 Å². The Labute approximate surface area is 103 Å². The number of pyridine rings is 1. The average molecular weight is 267 g/mol. The molecule has 0 radical (unpaired) electrons. The van der Waals surface area contributed by atoms with Gasteiger partial charge in [-0.3, -0.25) is 4.98 Å². The lowest BCUT2D eigenvalue weighted by atomic mass is 10.2. The minimum absolute atomic E-state index is 0.153. The summed E-state index contributed by atoms with van der Waals surface area (Å²) in [6, 6.07) is 1.78. The van der Waals surface area contributed by atoms with Gasteiger partial charge < -0.3 is 5.32 Å². The fourth-order valence-electron chi connectivity index (χ4n) is 1.35. The summed E-state index contributed by atoms with van der Waals surface area (Å²) in [7, 11) is 0. The van der Waals surface area contributed by atoms with E-state index in [9.17, 15) is 13.2 Å². The van der Waals surface area contributed by atoms with Crippen LogP contribution in [0.2, 0.25) is 5.02 Å². The van der Waals surface area contributed by atoms with Crippen molar-refractivity contribution in [3.8, 4) is 0 Å². The third-order valence-corrected chi connectivity index (χ3v) is 2.58. The Hall–Kier alpha value is -0.810. The molecule has 0 aliphatic rings. The van der Waals surface area contributed by atoms with Crippen molar-refractivity contribution in [3.63, 3.8) is 0 Å². The molecule has 1 heterocycles. The molecule has 17 heavy (non-hydrogen) atoms. The second kappa shape index (κ2) is 6.81. The summed E-state index contributed by atoms with van der Waals surface area (Å²) >= 11 is 5.87. The highest BCUT2D eigenvalue weighted by Crippen LogP contribution is 2.21. The quantitative estimate of drug-likeness (QED) is 0.797. The van der Waals surface area contributed by atoms with Crippen molar-refractivity contribution >= 4 is 11.6 Å². The molecule has 0 aliphatic carbocycles. The number of alkyl halides is 3. The Morgan fingerprint density at radius 3 is 2.71 bits per heavy atom. The molecule has 0 fully saturated rings. The minimum atomic E-state index is -4.05. The Morgan fingerprint density at radius 2 is 2.06 bits per heavy atom. The normalized spacial score (nSPS) is 11.8. The van der Waals surface area contributed by atoms with Crippen LogP contribution in [-0.2, 0) is 6.54 Å². The SMILES string of the molecule is FC(F)(F)CCCCNCc1ccncc1Cl. The molecule has 0 saturated heterocycles. The van der Waals surface area contributed by atoms with Gasteiger partial charge in [0.05, 0.1) is 5.02 Å². The van der Waals surface area contributed by atoms with Crippen LogP contribution in [0.1, 0.15) is 24.8 Å². The molecule has 1 rings (SSSR count). The number of unbranched alkanes of at least 4 members (excludes halogenated alkanes) is 1. The molecular weight excluding hydrogens is 253 g/mol. The molecule has 0 atom stereocenters. The Bertz CT molecular complexity index is 342. The van der Waals surface area contributed by atoms with Crippen LogP contribution in [0.4, 0.5) is 13.2 Å². The molecule has 96 valence electrons. The zero-order valence-corrected chi connectivity index (χ0v) is 9.98. The van der Waals surface area contributed by atoms with Crippen LogP contribution in [0, 0.1) is 0 Å². The minimum Gasteiger partial charge on any atom is -0.313 e. The van der Waals surface area contributed by atoms with Crippen molar-refractivity contribution in [1.82, 2.24) is 10.3 Å². The summed E-state index contributed by atoms with van der Waals surface area (Å²) in [6.07, 6.45) is -0.934. The Kier molecular flexibility index (Phi) is 5.71. The molecule has 0 unspecified atom stereocenters. The first-order valence-corrected chi connectivity index (χ1v) is 5.73. The van der Waals surface area contributed by atoms with Crippen LogP contribution >= 0.6 is 11.6 Å².